The molecule has 3 heterocycles. The number of carbonyl (C=O) groups excluding carboxylic acids is 3. The number of aromatic nitrogens is 3. The van der Waals surface area contributed by atoms with E-state index in [4.69, 9.17) is 9.47 Å². The molecule has 13 heteroatoms. The van der Waals surface area contributed by atoms with Crippen LogP contribution in [0.4, 0.5) is 10.6 Å². The van der Waals surface area contributed by atoms with E-state index in [9.17, 15) is 19.2 Å². The Kier molecular flexibility index (Phi) is 8.15. The van der Waals surface area contributed by atoms with Gasteiger partial charge in [0.15, 0.2) is 0 Å². The van der Waals surface area contributed by atoms with Crippen LogP contribution in [0.1, 0.15) is 51.9 Å². The highest BCUT2D eigenvalue weighted by molar-refractivity contribution is 7.19. The van der Waals surface area contributed by atoms with Crippen molar-refractivity contribution in [3.63, 3.8) is 0 Å². The normalized spacial score (nSPS) is 14.2. The van der Waals surface area contributed by atoms with Gasteiger partial charge in [0.25, 0.3) is 11.5 Å². The smallest absolute Gasteiger partial charge is 0.410 e. The highest BCUT2D eigenvalue weighted by atomic mass is 32.1. The minimum absolute atomic E-state index is 0.254. The van der Waals surface area contributed by atoms with Crippen molar-refractivity contribution in [1.29, 1.82) is 0 Å². The summed E-state index contributed by atoms with van der Waals surface area (Å²) in [5.74, 6) is -0.452. The maximum Gasteiger partial charge on any atom is 0.410 e. The number of nitrogens with zero attached hydrogens (tertiary/aromatic N) is 5. The number of rotatable bonds is 5. The van der Waals surface area contributed by atoms with Gasteiger partial charge in [-0.2, -0.15) is 9.61 Å². The number of ether oxygens (including phenoxy) is 2. The first kappa shape index (κ1) is 29.0. The standard InChI is InChI=1S/C27H34N6O6S/c1-26(2,3)38-21(35)16-28-22(36)17-8-7-9-18(14-17)23-30-33-20(34)15-19(29-24(33)40-23)31-10-12-32(13-11-31)25(37)39-27(4,5)6/h7-9,14-15H,10-13,16H2,1-6H3,(H,28,36). The van der Waals surface area contributed by atoms with E-state index in [1.54, 1.807) is 49.9 Å². The third-order valence-corrected chi connectivity index (χ3v) is 6.63. The molecule has 1 saturated heterocycles. The molecule has 0 radical (unpaired) electrons. The first-order chi connectivity index (χ1) is 18.7. The zero-order valence-electron chi connectivity index (χ0n) is 23.5. The lowest BCUT2D eigenvalue weighted by Gasteiger charge is -2.36. The molecule has 4 rings (SSSR count). The number of hydrogen-bond donors (Lipinski definition) is 1. The number of amides is 2. The Balaban J connectivity index is 1.46. The second-order valence-electron chi connectivity index (χ2n) is 11.4. The van der Waals surface area contributed by atoms with Crippen LogP contribution in [0.15, 0.2) is 35.1 Å². The summed E-state index contributed by atoms with van der Waals surface area (Å²) in [7, 11) is 0. The number of fused-ring (bicyclic) bond motifs is 1. The Morgan fingerprint density at radius 3 is 2.30 bits per heavy atom. The number of anilines is 1. The minimum atomic E-state index is -0.644. The summed E-state index contributed by atoms with van der Waals surface area (Å²) in [6.07, 6.45) is -0.358. The molecule has 1 aliphatic rings. The molecule has 0 saturated carbocycles. The number of nitrogens with one attached hydrogen (secondary N) is 1. The highest BCUT2D eigenvalue weighted by Crippen LogP contribution is 2.26. The number of hydrogen-bond acceptors (Lipinski definition) is 10. The van der Waals surface area contributed by atoms with E-state index in [0.717, 1.165) is 0 Å². The molecule has 1 N–H and O–H groups in total. The van der Waals surface area contributed by atoms with Gasteiger partial charge in [0.2, 0.25) is 4.96 Å². The predicted molar refractivity (Wildman–Crippen MR) is 151 cm³/mol. The van der Waals surface area contributed by atoms with Gasteiger partial charge in [0, 0.05) is 43.4 Å². The van der Waals surface area contributed by atoms with Crippen LogP contribution in [0, 0.1) is 0 Å². The zero-order chi connectivity index (χ0) is 29.2. The number of carbonyl (C=O) groups is 3. The molecule has 1 fully saturated rings. The van der Waals surface area contributed by atoms with E-state index < -0.39 is 23.1 Å². The summed E-state index contributed by atoms with van der Waals surface area (Å²) < 4.78 is 11.9. The third kappa shape index (κ3) is 7.34. The fraction of sp³-hybridized carbons (Fsp3) is 0.481. The van der Waals surface area contributed by atoms with Gasteiger partial charge in [-0.1, -0.05) is 23.5 Å². The maximum atomic E-state index is 12.9. The largest absolute Gasteiger partial charge is 0.459 e. The second-order valence-corrected chi connectivity index (χ2v) is 12.3. The van der Waals surface area contributed by atoms with E-state index in [1.807, 2.05) is 25.7 Å². The topological polar surface area (TPSA) is 135 Å². The Labute approximate surface area is 235 Å². The molecule has 0 spiro atoms. The van der Waals surface area contributed by atoms with Gasteiger partial charge in [0.1, 0.15) is 28.6 Å². The van der Waals surface area contributed by atoms with Crippen molar-refractivity contribution in [1.82, 2.24) is 24.8 Å². The number of esters is 1. The summed E-state index contributed by atoms with van der Waals surface area (Å²) in [4.78, 5) is 58.5. The molecular weight excluding hydrogens is 536 g/mol. The molecule has 3 aromatic rings. The molecule has 2 aromatic heterocycles. The molecular formula is C27H34N6O6S. The second kappa shape index (κ2) is 11.2. The van der Waals surface area contributed by atoms with Crippen LogP contribution >= 0.6 is 11.3 Å². The van der Waals surface area contributed by atoms with Gasteiger partial charge in [-0.25, -0.2) is 9.78 Å². The Morgan fingerprint density at radius 1 is 0.975 bits per heavy atom. The Hall–Kier alpha value is -4.00. The summed E-state index contributed by atoms with van der Waals surface area (Å²) >= 11 is 1.22. The van der Waals surface area contributed by atoms with Crippen LogP contribution in [0.25, 0.3) is 15.5 Å². The first-order valence-corrected chi connectivity index (χ1v) is 13.7. The summed E-state index contributed by atoms with van der Waals surface area (Å²) in [5.41, 5.74) is -0.572. The molecule has 2 amide bonds. The molecule has 0 atom stereocenters. The summed E-state index contributed by atoms with van der Waals surface area (Å²) in [6, 6.07) is 8.19. The van der Waals surface area contributed by atoms with E-state index >= 15 is 0 Å². The van der Waals surface area contributed by atoms with E-state index in [2.05, 4.69) is 15.4 Å². The van der Waals surface area contributed by atoms with Crippen molar-refractivity contribution in [2.24, 2.45) is 0 Å². The molecule has 12 nitrogen and oxygen atoms in total. The zero-order valence-corrected chi connectivity index (χ0v) is 24.3. The fourth-order valence-electron chi connectivity index (χ4n) is 3.95. The summed E-state index contributed by atoms with van der Waals surface area (Å²) in [6.45, 7) is 12.4. The van der Waals surface area contributed by atoms with Crippen LogP contribution in [0.2, 0.25) is 0 Å². The molecule has 40 heavy (non-hydrogen) atoms. The van der Waals surface area contributed by atoms with Crippen LogP contribution in [0.5, 0.6) is 0 Å². The van der Waals surface area contributed by atoms with Crippen molar-refractivity contribution in [2.75, 3.05) is 37.6 Å². The first-order valence-electron chi connectivity index (χ1n) is 12.9. The van der Waals surface area contributed by atoms with E-state index in [-0.39, 0.29) is 18.2 Å². The molecule has 0 bridgehead atoms. The Bertz CT molecular complexity index is 1480. The van der Waals surface area contributed by atoms with Crippen molar-refractivity contribution in [3.05, 3.63) is 46.2 Å². The van der Waals surface area contributed by atoms with Gasteiger partial charge in [-0.3, -0.25) is 14.4 Å². The Morgan fingerprint density at radius 2 is 1.65 bits per heavy atom. The monoisotopic (exact) mass is 570 g/mol. The fourth-order valence-corrected chi connectivity index (χ4v) is 4.84. The minimum Gasteiger partial charge on any atom is -0.459 e. The van der Waals surface area contributed by atoms with Crippen LogP contribution in [-0.2, 0) is 14.3 Å². The number of benzene rings is 1. The van der Waals surface area contributed by atoms with Gasteiger partial charge in [0.05, 0.1) is 0 Å². The van der Waals surface area contributed by atoms with Crippen LogP contribution in [-0.4, -0.2) is 81.4 Å². The predicted octanol–water partition coefficient (Wildman–Crippen LogP) is 2.95. The average Bonchev–Trinajstić information content (AvgIpc) is 3.30. The lowest BCUT2D eigenvalue weighted by Crippen LogP contribution is -2.50. The molecule has 1 aromatic carbocycles. The van der Waals surface area contributed by atoms with Crippen molar-refractivity contribution in [2.45, 2.75) is 52.7 Å². The van der Waals surface area contributed by atoms with Crippen molar-refractivity contribution < 1.29 is 23.9 Å². The summed E-state index contributed by atoms with van der Waals surface area (Å²) in [5, 5.41) is 7.50. The average molecular weight is 571 g/mol. The van der Waals surface area contributed by atoms with Crippen molar-refractivity contribution in [3.8, 4) is 10.6 Å². The molecule has 0 aliphatic carbocycles. The lowest BCUT2D eigenvalue weighted by atomic mass is 10.1. The third-order valence-electron chi connectivity index (χ3n) is 5.67. The lowest BCUT2D eigenvalue weighted by molar-refractivity contribution is -0.153. The number of piperazine rings is 1. The molecule has 214 valence electrons. The SMILES string of the molecule is CC(C)(C)OC(=O)CNC(=O)c1cccc(-c2nn3c(=O)cc(N4CCN(C(=O)OC(C)(C)C)CC4)nc3s2)c1. The van der Waals surface area contributed by atoms with E-state index in [1.165, 1.54) is 21.9 Å². The van der Waals surface area contributed by atoms with E-state index in [0.29, 0.717) is 53.1 Å². The quantitative estimate of drug-likeness (QED) is 0.459. The van der Waals surface area contributed by atoms with Gasteiger partial charge in [-0.15, -0.1) is 0 Å². The van der Waals surface area contributed by atoms with Gasteiger partial charge < -0.3 is 24.6 Å². The van der Waals surface area contributed by atoms with Crippen molar-refractivity contribution >= 4 is 40.1 Å². The van der Waals surface area contributed by atoms with Crippen LogP contribution in [0.3, 0.4) is 0 Å². The molecule has 1 aliphatic heterocycles. The van der Waals surface area contributed by atoms with Crippen LogP contribution < -0.4 is 15.8 Å². The van der Waals surface area contributed by atoms with Gasteiger partial charge in [-0.05, 0) is 53.7 Å². The highest BCUT2D eigenvalue weighted by Gasteiger charge is 2.27. The van der Waals surface area contributed by atoms with Gasteiger partial charge >= 0.3 is 12.1 Å². The molecule has 0 unspecified atom stereocenters. The maximum absolute atomic E-state index is 12.9.